The van der Waals surface area contributed by atoms with Gasteiger partial charge in [-0.1, -0.05) is 36.4 Å². The summed E-state index contributed by atoms with van der Waals surface area (Å²) in [6.07, 6.45) is 3.38. The molecule has 0 saturated carbocycles. The van der Waals surface area contributed by atoms with Crippen molar-refractivity contribution in [2.75, 3.05) is 6.61 Å². The van der Waals surface area contributed by atoms with E-state index in [4.69, 9.17) is 9.47 Å². The third-order valence-corrected chi connectivity index (χ3v) is 3.02. The molecule has 0 aromatic heterocycles. The molecule has 0 amide bonds. The van der Waals surface area contributed by atoms with Crippen LogP contribution in [0.25, 0.3) is 5.57 Å². The Morgan fingerprint density at radius 3 is 2.71 bits per heavy atom. The van der Waals surface area contributed by atoms with Crippen molar-refractivity contribution in [3.05, 3.63) is 42.0 Å². The molecule has 17 heavy (non-hydrogen) atoms. The second-order valence-electron chi connectivity index (χ2n) is 4.58. The molecule has 0 spiro atoms. The molecule has 1 aliphatic heterocycles. The van der Waals surface area contributed by atoms with E-state index in [1.807, 2.05) is 6.92 Å². The summed E-state index contributed by atoms with van der Waals surface area (Å²) in [6.45, 7) is 7.40. The molecular formula is C15H20O2. The third-order valence-electron chi connectivity index (χ3n) is 3.02. The molecule has 1 aromatic carbocycles. The van der Waals surface area contributed by atoms with Crippen molar-refractivity contribution in [1.82, 2.24) is 0 Å². The van der Waals surface area contributed by atoms with Gasteiger partial charge in [0.1, 0.15) is 0 Å². The molecule has 2 heteroatoms. The van der Waals surface area contributed by atoms with Gasteiger partial charge in [-0.05, 0) is 37.3 Å². The standard InChI is InChI=1S/C15H20O2/c1-12(2)14-8-6-13(7-9-14)11-17-15-5-3-4-10-16-15/h6-9,15H,1,3-5,10-11H2,2H3. The Hall–Kier alpha value is -1.12. The first-order valence-corrected chi connectivity index (χ1v) is 6.24. The molecular weight excluding hydrogens is 212 g/mol. The lowest BCUT2D eigenvalue weighted by atomic mass is 10.1. The minimum Gasteiger partial charge on any atom is -0.353 e. The van der Waals surface area contributed by atoms with Gasteiger partial charge in [-0.2, -0.15) is 0 Å². The van der Waals surface area contributed by atoms with Crippen molar-refractivity contribution in [2.45, 2.75) is 39.1 Å². The Morgan fingerprint density at radius 1 is 1.35 bits per heavy atom. The van der Waals surface area contributed by atoms with E-state index in [2.05, 4.69) is 30.8 Å². The highest BCUT2D eigenvalue weighted by atomic mass is 16.7. The van der Waals surface area contributed by atoms with E-state index in [0.717, 1.165) is 25.0 Å². The van der Waals surface area contributed by atoms with Crippen LogP contribution in [-0.4, -0.2) is 12.9 Å². The summed E-state index contributed by atoms with van der Waals surface area (Å²) in [4.78, 5) is 0. The number of ether oxygens (including phenoxy) is 2. The van der Waals surface area contributed by atoms with Crippen LogP contribution in [0.4, 0.5) is 0 Å². The molecule has 2 nitrogen and oxygen atoms in total. The molecule has 1 saturated heterocycles. The molecule has 2 rings (SSSR count). The Balaban J connectivity index is 1.84. The molecule has 1 aromatic rings. The molecule has 1 aliphatic rings. The zero-order valence-electron chi connectivity index (χ0n) is 10.4. The summed E-state index contributed by atoms with van der Waals surface area (Å²) < 4.78 is 11.2. The molecule has 92 valence electrons. The van der Waals surface area contributed by atoms with Crippen LogP contribution in [0.1, 0.15) is 37.3 Å². The summed E-state index contributed by atoms with van der Waals surface area (Å²) in [5.41, 5.74) is 3.46. The van der Waals surface area contributed by atoms with Crippen molar-refractivity contribution in [3.63, 3.8) is 0 Å². The van der Waals surface area contributed by atoms with Crippen molar-refractivity contribution in [3.8, 4) is 0 Å². The maximum absolute atomic E-state index is 5.72. The van der Waals surface area contributed by atoms with Crippen molar-refractivity contribution < 1.29 is 9.47 Å². The van der Waals surface area contributed by atoms with E-state index in [0.29, 0.717) is 6.61 Å². The Labute approximate surface area is 103 Å². The number of benzene rings is 1. The Bertz CT molecular complexity index is 361. The molecule has 0 N–H and O–H groups in total. The van der Waals surface area contributed by atoms with Crippen LogP contribution in [0.3, 0.4) is 0 Å². The van der Waals surface area contributed by atoms with Gasteiger partial charge in [0.2, 0.25) is 0 Å². The van der Waals surface area contributed by atoms with Gasteiger partial charge in [-0.3, -0.25) is 0 Å². The van der Waals surface area contributed by atoms with Gasteiger partial charge in [0.15, 0.2) is 6.29 Å². The van der Waals surface area contributed by atoms with Crippen LogP contribution in [0.2, 0.25) is 0 Å². The van der Waals surface area contributed by atoms with Crippen LogP contribution < -0.4 is 0 Å². The highest BCUT2D eigenvalue weighted by Crippen LogP contribution is 2.17. The molecule has 1 atom stereocenters. The first-order chi connectivity index (χ1) is 8.25. The van der Waals surface area contributed by atoms with Crippen molar-refractivity contribution in [2.24, 2.45) is 0 Å². The van der Waals surface area contributed by atoms with E-state index in [1.54, 1.807) is 0 Å². The van der Waals surface area contributed by atoms with Gasteiger partial charge in [-0.15, -0.1) is 0 Å². The number of allylic oxidation sites excluding steroid dienone is 1. The molecule has 0 aliphatic carbocycles. The predicted molar refractivity (Wildman–Crippen MR) is 69.5 cm³/mol. The SMILES string of the molecule is C=C(C)c1ccc(COC2CCCCO2)cc1. The van der Waals surface area contributed by atoms with Gasteiger partial charge in [0.25, 0.3) is 0 Å². The molecule has 0 radical (unpaired) electrons. The molecule has 1 fully saturated rings. The smallest absolute Gasteiger partial charge is 0.158 e. The summed E-state index contributed by atoms with van der Waals surface area (Å²) >= 11 is 0. The Morgan fingerprint density at radius 2 is 2.12 bits per heavy atom. The first kappa shape index (κ1) is 12.3. The zero-order chi connectivity index (χ0) is 12.1. The van der Waals surface area contributed by atoms with Crippen molar-refractivity contribution >= 4 is 5.57 Å². The fraction of sp³-hybridized carbons (Fsp3) is 0.467. The van der Waals surface area contributed by atoms with Crippen LogP contribution in [0, 0.1) is 0 Å². The van der Waals surface area contributed by atoms with Gasteiger partial charge in [0, 0.05) is 6.61 Å². The number of hydrogen-bond donors (Lipinski definition) is 0. The van der Waals surface area contributed by atoms with Gasteiger partial charge in [-0.25, -0.2) is 0 Å². The predicted octanol–water partition coefficient (Wildman–Crippen LogP) is 3.76. The lowest BCUT2D eigenvalue weighted by Gasteiger charge is -2.22. The topological polar surface area (TPSA) is 18.5 Å². The van der Waals surface area contributed by atoms with E-state index < -0.39 is 0 Å². The monoisotopic (exact) mass is 232 g/mol. The minimum atomic E-state index is -0.00966. The van der Waals surface area contributed by atoms with E-state index in [-0.39, 0.29) is 6.29 Å². The lowest BCUT2D eigenvalue weighted by Crippen LogP contribution is -2.21. The minimum absolute atomic E-state index is 0.00966. The third kappa shape index (κ3) is 3.69. The average Bonchev–Trinajstić information content (AvgIpc) is 2.38. The molecule has 1 unspecified atom stereocenters. The average molecular weight is 232 g/mol. The lowest BCUT2D eigenvalue weighted by molar-refractivity contribution is -0.168. The highest BCUT2D eigenvalue weighted by molar-refractivity contribution is 5.61. The number of hydrogen-bond acceptors (Lipinski definition) is 2. The first-order valence-electron chi connectivity index (χ1n) is 6.24. The van der Waals surface area contributed by atoms with E-state index >= 15 is 0 Å². The van der Waals surface area contributed by atoms with Crippen LogP contribution >= 0.6 is 0 Å². The van der Waals surface area contributed by atoms with Crippen molar-refractivity contribution in [1.29, 1.82) is 0 Å². The zero-order valence-corrected chi connectivity index (χ0v) is 10.4. The quantitative estimate of drug-likeness (QED) is 0.787. The van der Waals surface area contributed by atoms with Gasteiger partial charge in [0.05, 0.1) is 6.61 Å². The molecule has 1 heterocycles. The van der Waals surface area contributed by atoms with E-state index in [9.17, 15) is 0 Å². The van der Waals surface area contributed by atoms with Crippen LogP contribution in [0.15, 0.2) is 30.8 Å². The second kappa shape index (κ2) is 5.99. The maximum atomic E-state index is 5.72. The highest BCUT2D eigenvalue weighted by Gasteiger charge is 2.13. The summed E-state index contributed by atoms with van der Waals surface area (Å²) in [6, 6.07) is 8.35. The van der Waals surface area contributed by atoms with Crippen LogP contribution in [-0.2, 0) is 16.1 Å². The van der Waals surface area contributed by atoms with Crippen LogP contribution in [0.5, 0.6) is 0 Å². The fourth-order valence-corrected chi connectivity index (χ4v) is 1.92. The Kier molecular flexibility index (Phi) is 4.35. The molecule has 0 bridgehead atoms. The summed E-state index contributed by atoms with van der Waals surface area (Å²) in [5, 5.41) is 0. The largest absolute Gasteiger partial charge is 0.353 e. The number of rotatable bonds is 4. The fourth-order valence-electron chi connectivity index (χ4n) is 1.92. The summed E-state index contributed by atoms with van der Waals surface area (Å²) in [7, 11) is 0. The summed E-state index contributed by atoms with van der Waals surface area (Å²) in [5.74, 6) is 0. The second-order valence-corrected chi connectivity index (χ2v) is 4.58. The normalized spacial score (nSPS) is 20.2. The van der Waals surface area contributed by atoms with Gasteiger partial charge < -0.3 is 9.47 Å². The van der Waals surface area contributed by atoms with Gasteiger partial charge >= 0.3 is 0 Å². The maximum Gasteiger partial charge on any atom is 0.158 e. The van der Waals surface area contributed by atoms with E-state index in [1.165, 1.54) is 17.5 Å².